The first-order valence-corrected chi connectivity index (χ1v) is 11.2. The van der Waals surface area contributed by atoms with E-state index in [0.717, 1.165) is 27.4 Å². The number of aromatic nitrogens is 2. The molecule has 1 heterocycles. The maximum Gasteiger partial charge on any atom is 0.416 e. The lowest BCUT2D eigenvalue weighted by atomic mass is 10.0. The van der Waals surface area contributed by atoms with Gasteiger partial charge >= 0.3 is 12.1 Å². The summed E-state index contributed by atoms with van der Waals surface area (Å²) in [5.74, 6) is -0.712. The van der Waals surface area contributed by atoms with Crippen LogP contribution in [0.15, 0.2) is 77.8 Å². The number of nitrogens with zero attached hydrogens (tertiary/aromatic N) is 1. The number of rotatable bonds is 7. The predicted octanol–water partition coefficient (Wildman–Crippen LogP) is 6.71. The standard InChI is InChI=1S/C25H21F3N2O3S/c1-24(2,23(31)32)33-19-8-10-20(11-9-19)34-22(15-4-3-5-18(12-15)25(26,27)28)16-6-7-17-14-29-30-21(17)13-16/h3-14,22H,1-2H3,(H,29,30)(H,31,32). The molecule has 0 spiro atoms. The highest BCUT2D eigenvalue weighted by atomic mass is 32.2. The van der Waals surface area contributed by atoms with Crippen LogP contribution in [0.4, 0.5) is 13.2 Å². The molecule has 0 fully saturated rings. The van der Waals surface area contributed by atoms with Crippen molar-refractivity contribution in [2.45, 2.75) is 35.8 Å². The second-order valence-electron chi connectivity index (χ2n) is 8.23. The summed E-state index contributed by atoms with van der Waals surface area (Å²) in [5, 5.41) is 16.6. The van der Waals surface area contributed by atoms with Gasteiger partial charge in [0.2, 0.25) is 0 Å². The molecule has 3 aromatic carbocycles. The number of alkyl halides is 3. The van der Waals surface area contributed by atoms with E-state index in [1.54, 1.807) is 36.5 Å². The Labute approximate surface area is 198 Å². The number of aromatic amines is 1. The SMILES string of the molecule is CC(C)(Oc1ccc(SC(c2cccc(C(F)(F)F)c2)c2ccc3cn[nH]c3c2)cc1)C(=O)O. The van der Waals surface area contributed by atoms with E-state index in [0.29, 0.717) is 11.3 Å². The molecule has 0 aliphatic rings. The first kappa shape index (κ1) is 23.7. The zero-order valence-electron chi connectivity index (χ0n) is 18.3. The van der Waals surface area contributed by atoms with Crippen LogP contribution in [-0.4, -0.2) is 26.9 Å². The van der Waals surface area contributed by atoms with Crippen LogP contribution in [0.2, 0.25) is 0 Å². The fourth-order valence-electron chi connectivity index (χ4n) is 3.38. The van der Waals surface area contributed by atoms with Gasteiger partial charge < -0.3 is 9.84 Å². The Morgan fingerprint density at radius 1 is 1.03 bits per heavy atom. The number of H-pyrrole nitrogens is 1. The Hall–Kier alpha value is -3.46. The van der Waals surface area contributed by atoms with Gasteiger partial charge in [0.15, 0.2) is 5.60 Å². The van der Waals surface area contributed by atoms with Crippen molar-refractivity contribution >= 4 is 28.6 Å². The first-order chi connectivity index (χ1) is 16.0. The molecule has 0 radical (unpaired) electrons. The summed E-state index contributed by atoms with van der Waals surface area (Å²) in [6, 6.07) is 17.8. The number of benzene rings is 3. The van der Waals surface area contributed by atoms with Crippen LogP contribution in [0.3, 0.4) is 0 Å². The molecule has 1 aromatic heterocycles. The van der Waals surface area contributed by atoms with Gasteiger partial charge in [0.25, 0.3) is 0 Å². The molecule has 0 aliphatic carbocycles. The molecule has 1 unspecified atom stereocenters. The molecule has 0 saturated carbocycles. The summed E-state index contributed by atoms with van der Waals surface area (Å²) in [7, 11) is 0. The largest absolute Gasteiger partial charge is 0.478 e. The second-order valence-corrected chi connectivity index (χ2v) is 9.41. The van der Waals surface area contributed by atoms with E-state index in [1.165, 1.54) is 37.7 Å². The van der Waals surface area contributed by atoms with Crippen molar-refractivity contribution in [2.75, 3.05) is 0 Å². The number of hydrogen-bond acceptors (Lipinski definition) is 4. The monoisotopic (exact) mass is 486 g/mol. The number of carboxylic acids is 1. The smallest absolute Gasteiger partial charge is 0.416 e. The minimum absolute atomic E-state index is 0.381. The lowest BCUT2D eigenvalue weighted by Gasteiger charge is -2.22. The number of nitrogens with one attached hydrogen (secondary N) is 1. The van der Waals surface area contributed by atoms with Crippen LogP contribution in [0.5, 0.6) is 5.75 Å². The number of aliphatic carboxylic acids is 1. The number of fused-ring (bicyclic) bond motifs is 1. The maximum absolute atomic E-state index is 13.4. The Morgan fingerprint density at radius 3 is 2.41 bits per heavy atom. The highest BCUT2D eigenvalue weighted by Crippen LogP contribution is 2.43. The lowest BCUT2D eigenvalue weighted by molar-refractivity contribution is -0.152. The molecule has 0 saturated heterocycles. The Bertz CT molecular complexity index is 1320. The fraction of sp³-hybridized carbons (Fsp3) is 0.200. The highest BCUT2D eigenvalue weighted by Gasteiger charge is 2.32. The molecule has 2 N–H and O–H groups in total. The summed E-state index contributed by atoms with van der Waals surface area (Å²) >= 11 is 1.38. The van der Waals surface area contributed by atoms with E-state index in [2.05, 4.69) is 10.2 Å². The Balaban J connectivity index is 1.68. The van der Waals surface area contributed by atoms with Gasteiger partial charge in [0.1, 0.15) is 5.75 Å². The van der Waals surface area contributed by atoms with Gasteiger partial charge in [-0.25, -0.2) is 4.79 Å². The maximum atomic E-state index is 13.4. The van der Waals surface area contributed by atoms with Gasteiger partial charge in [-0.2, -0.15) is 18.3 Å². The summed E-state index contributed by atoms with van der Waals surface area (Å²) in [6.45, 7) is 2.90. The number of carbonyl (C=O) groups is 1. The molecule has 0 aliphatic heterocycles. The van der Waals surface area contributed by atoms with Crippen LogP contribution < -0.4 is 4.74 Å². The number of halogens is 3. The minimum Gasteiger partial charge on any atom is -0.478 e. The number of carboxylic acid groups (broad SMARTS) is 1. The zero-order valence-corrected chi connectivity index (χ0v) is 19.1. The average molecular weight is 487 g/mol. The highest BCUT2D eigenvalue weighted by molar-refractivity contribution is 7.99. The second kappa shape index (κ2) is 9.06. The van der Waals surface area contributed by atoms with Crippen molar-refractivity contribution in [1.82, 2.24) is 10.2 Å². The van der Waals surface area contributed by atoms with E-state index in [4.69, 9.17) is 4.74 Å². The van der Waals surface area contributed by atoms with E-state index >= 15 is 0 Å². The fourth-order valence-corrected chi connectivity index (χ4v) is 4.52. The molecule has 5 nitrogen and oxygen atoms in total. The van der Waals surface area contributed by atoms with Crippen molar-refractivity contribution in [3.8, 4) is 5.75 Å². The molecule has 0 bridgehead atoms. The van der Waals surface area contributed by atoms with E-state index in [-0.39, 0.29) is 0 Å². The van der Waals surface area contributed by atoms with Crippen LogP contribution >= 0.6 is 11.8 Å². The summed E-state index contributed by atoms with van der Waals surface area (Å²) in [4.78, 5) is 12.1. The quantitative estimate of drug-likeness (QED) is 0.284. The topological polar surface area (TPSA) is 75.2 Å². The summed E-state index contributed by atoms with van der Waals surface area (Å²) in [6.07, 6.45) is -2.77. The van der Waals surface area contributed by atoms with Crippen LogP contribution in [-0.2, 0) is 11.0 Å². The molecule has 4 rings (SSSR count). The Morgan fingerprint density at radius 2 is 1.74 bits per heavy atom. The van der Waals surface area contributed by atoms with Crippen molar-refractivity contribution in [1.29, 1.82) is 0 Å². The molecular weight excluding hydrogens is 465 g/mol. The molecule has 9 heteroatoms. The molecule has 0 amide bonds. The van der Waals surface area contributed by atoms with Crippen molar-refractivity contribution in [2.24, 2.45) is 0 Å². The predicted molar refractivity (Wildman–Crippen MR) is 124 cm³/mol. The first-order valence-electron chi connectivity index (χ1n) is 10.3. The number of ether oxygens (including phenoxy) is 1. The minimum atomic E-state index is -4.45. The van der Waals surface area contributed by atoms with Crippen LogP contribution in [0, 0.1) is 0 Å². The van der Waals surface area contributed by atoms with Gasteiger partial charge in [-0.05, 0) is 61.4 Å². The summed E-state index contributed by atoms with van der Waals surface area (Å²) in [5.41, 5.74) is 0.00127. The average Bonchev–Trinajstić information content (AvgIpc) is 3.26. The van der Waals surface area contributed by atoms with E-state index in [9.17, 15) is 23.1 Å². The lowest BCUT2D eigenvalue weighted by Crippen LogP contribution is -2.37. The van der Waals surface area contributed by atoms with Gasteiger partial charge in [-0.15, -0.1) is 11.8 Å². The zero-order chi connectivity index (χ0) is 24.5. The molecule has 176 valence electrons. The molecule has 34 heavy (non-hydrogen) atoms. The van der Waals surface area contributed by atoms with Crippen molar-refractivity contribution in [3.63, 3.8) is 0 Å². The normalized spacial score (nSPS) is 13.1. The van der Waals surface area contributed by atoms with Gasteiger partial charge in [-0.3, -0.25) is 5.10 Å². The Kier molecular flexibility index (Phi) is 6.31. The number of hydrogen-bond donors (Lipinski definition) is 2. The third-order valence-corrected chi connectivity index (χ3v) is 6.58. The third-order valence-electron chi connectivity index (χ3n) is 5.25. The van der Waals surface area contributed by atoms with Crippen molar-refractivity contribution < 1.29 is 27.8 Å². The molecule has 1 atom stereocenters. The van der Waals surface area contributed by atoms with E-state index < -0.39 is 28.6 Å². The number of thioether (sulfide) groups is 1. The molecular formula is C25H21F3N2O3S. The third kappa shape index (κ3) is 5.20. The van der Waals surface area contributed by atoms with Gasteiger partial charge in [-0.1, -0.05) is 30.3 Å². The van der Waals surface area contributed by atoms with Crippen molar-refractivity contribution in [3.05, 3.63) is 89.6 Å². The van der Waals surface area contributed by atoms with Crippen LogP contribution in [0.25, 0.3) is 10.9 Å². The van der Waals surface area contributed by atoms with Gasteiger partial charge in [0, 0.05) is 10.3 Å². The summed E-state index contributed by atoms with van der Waals surface area (Å²) < 4.78 is 45.7. The van der Waals surface area contributed by atoms with E-state index in [1.807, 2.05) is 18.2 Å². The van der Waals surface area contributed by atoms with Crippen LogP contribution in [0.1, 0.15) is 35.8 Å². The van der Waals surface area contributed by atoms with Gasteiger partial charge in [0.05, 0.1) is 22.5 Å². The molecule has 4 aromatic rings.